The van der Waals surface area contributed by atoms with E-state index in [2.05, 4.69) is 30.9 Å². The van der Waals surface area contributed by atoms with Crippen molar-refractivity contribution in [3.63, 3.8) is 0 Å². The van der Waals surface area contributed by atoms with Gasteiger partial charge in [-0.05, 0) is 17.4 Å². The Morgan fingerprint density at radius 1 is 1.15 bits per heavy atom. The summed E-state index contributed by atoms with van der Waals surface area (Å²) < 4.78 is 5.29. The van der Waals surface area contributed by atoms with Gasteiger partial charge in [0.15, 0.2) is 0 Å². The predicted molar refractivity (Wildman–Crippen MR) is 82.6 cm³/mol. The van der Waals surface area contributed by atoms with E-state index in [1.165, 1.54) is 0 Å². The summed E-state index contributed by atoms with van der Waals surface area (Å²) in [6, 6.07) is 7.92. The van der Waals surface area contributed by atoms with E-state index in [1.807, 2.05) is 24.3 Å². The summed E-state index contributed by atoms with van der Waals surface area (Å²) in [5.41, 5.74) is 7.91. The first-order valence-electron chi connectivity index (χ1n) is 6.60. The summed E-state index contributed by atoms with van der Waals surface area (Å²) in [4.78, 5) is 4.43. The van der Waals surface area contributed by atoms with Gasteiger partial charge in [-0.25, -0.2) is 0 Å². The Kier molecular flexibility index (Phi) is 5.72. The van der Waals surface area contributed by atoms with Gasteiger partial charge in [0.05, 0.1) is 0 Å². The highest BCUT2D eigenvalue weighted by atomic mass is 35.5. The van der Waals surface area contributed by atoms with Crippen LogP contribution in [0.5, 0.6) is 0 Å². The number of nitrogens with zero attached hydrogens (tertiary/aromatic N) is 2. The van der Waals surface area contributed by atoms with E-state index in [4.69, 9.17) is 10.3 Å². The lowest BCUT2D eigenvalue weighted by Gasteiger charge is -2.15. The zero-order chi connectivity index (χ0) is 13.9. The van der Waals surface area contributed by atoms with Gasteiger partial charge < -0.3 is 10.3 Å². The molecule has 0 aliphatic rings. The molecule has 5 heteroatoms. The Hall–Kier alpha value is -1.39. The molecule has 110 valence electrons. The Morgan fingerprint density at radius 2 is 1.80 bits per heavy atom. The van der Waals surface area contributed by atoms with Crippen molar-refractivity contribution in [3.8, 4) is 11.4 Å². The molecule has 0 radical (unpaired) electrons. The van der Waals surface area contributed by atoms with Gasteiger partial charge in [0.1, 0.15) is 0 Å². The molecular weight excluding hydrogens is 274 g/mol. The smallest absolute Gasteiger partial charge is 0.226 e. The van der Waals surface area contributed by atoms with Crippen LogP contribution in [0.15, 0.2) is 28.8 Å². The third-order valence-corrected chi connectivity index (χ3v) is 3.00. The van der Waals surface area contributed by atoms with Gasteiger partial charge in [0.25, 0.3) is 0 Å². The van der Waals surface area contributed by atoms with Crippen LogP contribution < -0.4 is 5.73 Å². The highest BCUT2D eigenvalue weighted by Crippen LogP contribution is 2.22. The van der Waals surface area contributed by atoms with Crippen molar-refractivity contribution in [2.45, 2.75) is 40.2 Å². The minimum absolute atomic E-state index is 0. The van der Waals surface area contributed by atoms with Gasteiger partial charge in [-0.3, -0.25) is 0 Å². The summed E-state index contributed by atoms with van der Waals surface area (Å²) in [6.07, 6.45) is 1.85. The summed E-state index contributed by atoms with van der Waals surface area (Å²) >= 11 is 0. The summed E-state index contributed by atoms with van der Waals surface area (Å²) in [7, 11) is 0. The number of nitrogens with two attached hydrogens (primary N) is 1. The van der Waals surface area contributed by atoms with Gasteiger partial charge in [-0.15, -0.1) is 12.4 Å². The molecule has 20 heavy (non-hydrogen) atoms. The monoisotopic (exact) mass is 295 g/mol. The summed E-state index contributed by atoms with van der Waals surface area (Å²) in [5, 5.41) is 4.03. The van der Waals surface area contributed by atoms with Crippen molar-refractivity contribution >= 4 is 12.4 Å². The van der Waals surface area contributed by atoms with Crippen molar-refractivity contribution in [3.05, 3.63) is 35.7 Å². The molecule has 0 saturated carbocycles. The Balaban J connectivity index is 0.00000200. The van der Waals surface area contributed by atoms with E-state index >= 15 is 0 Å². The van der Waals surface area contributed by atoms with Crippen LogP contribution in [0.4, 0.5) is 0 Å². The Bertz CT molecular complexity index is 529. The Labute approximate surface area is 126 Å². The normalized spacial score (nSPS) is 11.2. The largest absolute Gasteiger partial charge is 0.339 e. The number of halogens is 1. The van der Waals surface area contributed by atoms with Gasteiger partial charge in [0, 0.05) is 18.5 Å². The van der Waals surface area contributed by atoms with E-state index in [-0.39, 0.29) is 17.8 Å². The zero-order valence-corrected chi connectivity index (χ0v) is 13.0. The molecule has 0 aliphatic carbocycles. The molecule has 0 saturated heterocycles. The zero-order valence-electron chi connectivity index (χ0n) is 12.2. The molecule has 2 N–H and O–H groups in total. The summed E-state index contributed by atoms with van der Waals surface area (Å²) in [6.45, 7) is 7.16. The van der Waals surface area contributed by atoms with E-state index in [1.54, 1.807) is 0 Å². The lowest BCUT2D eigenvalue weighted by atomic mass is 9.91. The van der Waals surface area contributed by atoms with E-state index in [0.29, 0.717) is 18.3 Å². The van der Waals surface area contributed by atoms with Crippen LogP contribution in [0.3, 0.4) is 0 Å². The minimum atomic E-state index is 0. The van der Waals surface area contributed by atoms with Crippen LogP contribution in [0.2, 0.25) is 0 Å². The number of hydrogen-bond acceptors (Lipinski definition) is 4. The standard InChI is InChI=1S/C15H21N3O.ClH/c1-15(2,3)9-8-13-17-14(18-19-13)12-6-4-11(10-16)5-7-12;/h4-7H,8-10,16H2,1-3H3;1H. The van der Waals surface area contributed by atoms with Crippen molar-refractivity contribution in [2.75, 3.05) is 0 Å². The quantitative estimate of drug-likeness (QED) is 0.936. The van der Waals surface area contributed by atoms with E-state index < -0.39 is 0 Å². The van der Waals surface area contributed by atoms with Crippen LogP contribution in [-0.2, 0) is 13.0 Å². The molecule has 0 aliphatic heterocycles. The number of aromatic nitrogens is 2. The second kappa shape index (κ2) is 6.86. The highest BCUT2D eigenvalue weighted by Gasteiger charge is 2.14. The lowest BCUT2D eigenvalue weighted by molar-refractivity contribution is 0.327. The molecule has 0 atom stereocenters. The van der Waals surface area contributed by atoms with Crippen LogP contribution in [0.1, 0.15) is 38.6 Å². The SMILES string of the molecule is CC(C)(C)CCc1nc(-c2ccc(CN)cc2)no1.Cl. The van der Waals surface area contributed by atoms with Gasteiger partial charge in [-0.1, -0.05) is 50.2 Å². The predicted octanol–water partition coefficient (Wildman–Crippen LogP) is 3.60. The molecule has 2 rings (SSSR count). The third kappa shape index (κ3) is 4.62. The highest BCUT2D eigenvalue weighted by molar-refractivity contribution is 5.85. The minimum Gasteiger partial charge on any atom is -0.339 e. The molecular formula is C15H22ClN3O. The van der Waals surface area contributed by atoms with Crippen LogP contribution >= 0.6 is 12.4 Å². The molecule has 4 nitrogen and oxygen atoms in total. The second-order valence-electron chi connectivity index (χ2n) is 5.97. The number of hydrogen-bond donors (Lipinski definition) is 1. The van der Waals surface area contributed by atoms with Crippen molar-refractivity contribution in [1.82, 2.24) is 10.1 Å². The maximum absolute atomic E-state index is 5.57. The molecule has 0 unspecified atom stereocenters. The average Bonchev–Trinajstić information content (AvgIpc) is 2.84. The van der Waals surface area contributed by atoms with Crippen LogP contribution in [-0.4, -0.2) is 10.1 Å². The maximum atomic E-state index is 5.57. The lowest BCUT2D eigenvalue weighted by Crippen LogP contribution is -2.06. The molecule has 0 bridgehead atoms. The van der Waals surface area contributed by atoms with Gasteiger partial charge >= 0.3 is 0 Å². The summed E-state index contributed by atoms with van der Waals surface area (Å²) in [5.74, 6) is 1.35. The molecule has 0 amide bonds. The maximum Gasteiger partial charge on any atom is 0.226 e. The van der Waals surface area contributed by atoms with Crippen LogP contribution in [0, 0.1) is 5.41 Å². The fourth-order valence-corrected chi connectivity index (χ4v) is 1.75. The molecule has 1 aromatic heterocycles. The second-order valence-corrected chi connectivity index (χ2v) is 5.97. The van der Waals surface area contributed by atoms with Gasteiger partial charge in [0.2, 0.25) is 11.7 Å². The molecule has 2 aromatic rings. The average molecular weight is 296 g/mol. The molecule has 0 spiro atoms. The van der Waals surface area contributed by atoms with Crippen molar-refractivity contribution in [1.29, 1.82) is 0 Å². The fourth-order valence-electron chi connectivity index (χ4n) is 1.75. The Morgan fingerprint density at radius 3 is 2.35 bits per heavy atom. The molecule has 1 aromatic carbocycles. The first-order valence-corrected chi connectivity index (χ1v) is 6.60. The fraction of sp³-hybridized carbons (Fsp3) is 0.467. The van der Waals surface area contributed by atoms with Crippen molar-refractivity contribution < 1.29 is 4.52 Å². The van der Waals surface area contributed by atoms with Crippen LogP contribution in [0.25, 0.3) is 11.4 Å². The molecule has 1 heterocycles. The van der Waals surface area contributed by atoms with E-state index in [9.17, 15) is 0 Å². The number of benzene rings is 1. The van der Waals surface area contributed by atoms with Gasteiger partial charge in [-0.2, -0.15) is 4.98 Å². The first-order chi connectivity index (χ1) is 8.98. The third-order valence-electron chi connectivity index (χ3n) is 3.00. The first kappa shape index (κ1) is 16.7. The van der Waals surface area contributed by atoms with Crippen molar-refractivity contribution in [2.24, 2.45) is 11.1 Å². The van der Waals surface area contributed by atoms with E-state index in [0.717, 1.165) is 24.0 Å². The topological polar surface area (TPSA) is 64.9 Å². The molecule has 0 fully saturated rings. The number of aryl methyl sites for hydroxylation is 1. The number of rotatable bonds is 4.